The summed E-state index contributed by atoms with van der Waals surface area (Å²) in [5.41, 5.74) is 2.17. The second-order valence-corrected chi connectivity index (χ2v) is 11.3. The fourth-order valence-electron chi connectivity index (χ4n) is 4.88. The summed E-state index contributed by atoms with van der Waals surface area (Å²) in [6, 6.07) is 19.3. The molecule has 4 nitrogen and oxygen atoms in total. The molecule has 1 unspecified atom stereocenters. The molecule has 1 N–H and O–H groups in total. The number of carbonyl (C=O) groups is 2. The summed E-state index contributed by atoms with van der Waals surface area (Å²) in [6.45, 7) is 0.0815. The molecular weight excluding hydrogens is 562 g/mol. The SMILES string of the molecule is O=C(NC1CCCCC1)C(Cc1ccccc1)N(Cc1c(Cl)cccc1Cl)C(=O)Cc1ccc(Cl)cc1Cl. The molecule has 0 radical (unpaired) electrons. The number of amides is 2. The van der Waals surface area contributed by atoms with E-state index in [0.29, 0.717) is 37.6 Å². The van der Waals surface area contributed by atoms with Crippen molar-refractivity contribution in [2.75, 3.05) is 0 Å². The van der Waals surface area contributed by atoms with Crippen molar-refractivity contribution in [3.63, 3.8) is 0 Å². The average molecular weight is 592 g/mol. The van der Waals surface area contributed by atoms with E-state index in [1.54, 1.807) is 41.3 Å². The summed E-state index contributed by atoms with van der Waals surface area (Å²) < 4.78 is 0. The van der Waals surface area contributed by atoms with Crippen LogP contribution in [0.2, 0.25) is 20.1 Å². The zero-order chi connectivity index (χ0) is 27.1. The highest BCUT2D eigenvalue weighted by Gasteiger charge is 2.33. The minimum Gasteiger partial charge on any atom is -0.352 e. The van der Waals surface area contributed by atoms with Crippen LogP contribution in [0, 0.1) is 0 Å². The van der Waals surface area contributed by atoms with Gasteiger partial charge in [0.05, 0.1) is 6.42 Å². The number of hydrogen-bond donors (Lipinski definition) is 1. The van der Waals surface area contributed by atoms with E-state index in [4.69, 9.17) is 46.4 Å². The highest BCUT2D eigenvalue weighted by molar-refractivity contribution is 6.36. The van der Waals surface area contributed by atoms with Crippen molar-refractivity contribution in [1.29, 1.82) is 0 Å². The van der Waals surface area contributed by atoms with Gasteiger partial charge in [-0.15, -0.1) is 0 Å². The molecule has 0 bridgehead atoms. The third-order valence-electron chi connectivity index (χ3n) is 6.97. The van der Waals surface area contributed by atoms with Crippen molar-refractivity contribution in [2.45, 2.75) is 63.6 Å². The van der Waals surface area contributed by atoms with E-state index in [2.05, 4.69) is 5.32 Å². The van der Waals surface area contributed by atoms with Crippen molar-refractivity contribution >= 4 is 58.2 Å². The zero-order valence-corrected chi connectivity index (χ0v) is 24.0. The van der Waals surface area contributed by atoms with Crippen molar-refractivity contribution in [2.24, 2.45) is 0 Å². The van der Waals surface area contributed by atoms with Gasteiger partial charge in [-0.2, -0.15) is 0 Å². The highest BCUT2D eigenvalue weighted by Crippen LogP contribution is 2.29. The lowest BCUT2D eigenvalue weighted by Gasteiger charge is -2.34. The summed E-state index contributed by atoms with van der Waals surface area (Å²) >= 11 is 25.5. The Morgan fingerprint density at radius 3 is 2.18 bits per heavy atom. The fraction of sp³-hybridized carbons (Fsp3) is 0.333. The number of nitrogens with zero attached hydrogens (tertiary/aromatic N) is 1. The molecule has 1 aliphatic rings. The van der Waals surface area contributed by atoms with Crippen LogP contribution in [0.5, 0.6) is 0 Å². The minimum absolute atomic E-state index is 0.0000716. The first-order chi connectivity index (χ1) is 18.3. The Kier molecular flexibility index (Phi) is 10.4. The molecule has 4 rings (SSSR count). The van der Waals surface area contributed by atoms with E-state index < -0.39 is 6.04 Å². The van der Waals surface area contributed by atoms with Gasteiger partial charge >= 0.3 is 0 Å². The maximum Gasteiger partial charge on any atom is 0.243 e. The Morgan fingerprint density at radius 2 is 1.53 bits per heavy atom. The van der Waals surface area contributed by atoms with Gasteiger partial charge in [-0.25, -0.2) is 0 Å². The number of rotatable bonds is 9. The van der Waals surface area contributed by atoms with Gasteiger partial charge in [0.1, 0.15) is 6.04 Å². The van der Waals surface area contributed by atoms with Crippen LogP contribution in [0.25, 0.3) is 0 Å². The molecule has 0 heterocycles. The molecule has 2 amide bonds. The largest absolute Gasteiger partial charge is 0.352 e. The van der Waals surface area contributed by atoms with Crippen LogP contribution >= 0.6 is 46.4 Å². The minimum atomic E-state index is -0.773. The summed E-state index contributed by atoms with van der Waals surface area (Å²) in [7, 11) is 0. The lowest BCUT2D eigenvalue weighted by atomic mass is 9.94. The van der Waals surface area contributed by atoms with Crippen LogP contribution in [0.15, 0.2) is 66.7 Å². The molecule has 1 aliphatic carbocycles. The van der Waals surface area contributed by atoms with Crippen molar-refractivity contribution in [3.8, 4) is 0 Å². The normalized spacial score (nSPS) is 14.6. The van der Waals surface area contributed by atoms with Gasteiger partial charge in [0.15, 0.2) is 0 Å². The van der Waals surface area contributed by atoms with Crippen LogP contribution in [0.3, 0.4) is 0 Å². The van der Waals surface area contributed by atoms with E-state index in [1.165, 1.54) is 6.42 Å². The monoisotopic (exact) mass is 590 g/mol. The first-order valence-corrected chi connectivity index (χ1v) is 14.3. The van der Waals surface area contributed by atoms with Gasteiger partial charge < -0.3 is 10.2 Å². The van der Waals surface area contributed by atoms with Gasteiger partial charge in [0.2, 0.25) is 11.8 Å². The van der Waals surface area contributed by atoms with Crippen LogP contribution in [-0.4, -0.2) is 28.8 Å². The molecule has 3 aromatic carbocycles. The van der Waals surface area contributed by atoms with Gasteiger partial charge in [-0.1, -0.05) is 108 Å². The van der Waals surface area contributed by atoms with Crippen molar-refractivity contribution in [1.82, 2.24) is 10.2 Å². The number of nitrogens with one attached hydrogen (secondary N) is 1. The third kappa shape index (κ3) is 7.66. The molecular formula is C30H30Cl4N2O2. The Morgan fingerprint density at radius 1 is 0.842 bits per heavy atom. The number of benzene rings is 3. The molecule has 1 saturated carbocycles. The van der Waals surface area contributed by atoms with Crippen LogP contribution in [-0.2, 0) is 29.0 Å². The summed E-state index contributed by atoms with van der Waals surface area (Å²) in [6.07, 6.45) is 5.57. The summed E-state index contributed by atoms with van der Waals surface area (Å²) in [5, 5.41) is 4.98. The fourth-order valence-corrected chi connectivity index (χ4v) is 5.87. The predicted octanol–water partition coefficient (Wildman–Crippen LogP) is 7.93. The molecule has 0 saturated heterocycles. The van der Waals surface area contributed by atoms with E-state index in [1.807, 2.05) is 30.3 Å². The second kappa shape index (κ2) is 13.7. The third-order valence-corrected chi connectivity index (χ3v) is 8.26. The van der Waals surface area contributed by atoms with Gasteiger partial charge in [0.25, 0.3) is 0 Å². The maximum atomic E-state index is 14.0. The Labute approximate surface area is 244 Å². The smallest absolute Gasteiger partial charge is 0.243 e. The zero-order valence-electron chi connectivity index (χ0n) is 20.9. The van der Waals surface area contributed by atoms with E-state index in [-0.39, 0.29) is 30.8 Å². The Bertz CT molecular complexity index is 1240. The topological polar surface area (TPSA) is 49.4 Å². The Hall–Kier alpha value is -2.24. The number of halogens is 4. The number of carbonyl (C=O) groups excluding carboxylic acids is 2. The standard InChI is InChI=1S/C30H30Cl4N2O2/c31-22-15-14-21(27(34)18-22)17-29(37)36(19-24-25(32)12-7-13-26(24)33)28(16-20-8-3-1-4-9-20)30(38)35-23-10-5-2-6-11-23/h1,3-4,7-9,12-15,18,23,28H,2,5-6,10-11,16-17,19H2,(H,35,38). The van der Waals surface area contributed by atoms with E-state index in [0.717, 1.165) is 31.2 Å². The summed E-state index contributed by atoms with van der Waals surface area (Å²) in [5.74, 6) is -0.440. The highest BCUT2D eigenvalue weighted by atomic mass is 35.5. The Balaban J connectivity index is 1.71. The van der Waals surface area contributed by atoms with Crippen molar-refractivity contribution in [3.05, 3.63) is 104 Å². The molecule has 0 aromatic heterocycles. The molecule has 1 atom stereocenters. The van der Waals surface area contributed by atoms with E-state index >= 15 is 0 Å². The molecule has 3 aromatic rings. The van der Waals surface area contributed by atoms with Crippen LogP contribution in [0.1, 0.15) is 48.8 Å². The van der Waals surface area contributed by atoms with Crippen LogP contribution < -0.4 is 5.32 Å². The molecule has 0 spiro atoms. The average Bonchev–Trinajstić information content (AvgIpc) is 2.90. The van der Waals surface area contributed by atoms with Crippen LogP contribution in [0.4, 0.5) is 0 Å². The van der Waals surface area contributed by atoms with Gasteiger partial charge in [-0.3, -0.25) is 9.59 Å². The number of hydrogen-bond acceptors (Lipinski definition) is 2. The molecule has 8 heteroatoms. The lowest BCUT2D eigenvalue weighted by molar-refractivity contribution is -0.141. The quantitative estimate of drug-likeness (QED) is 0.275. The maximum absolute atomic E-state index is 14.0. The first kappa shape index (κ1) is 28.8. The molecule has 0 aliphatic heterocycles. The molecule has 38 heavy (non-hydrogen) atoms. The summed E-state index contributed by atoms with van der Waals surface area (Å²) in [4.78, 5) is 29.4. The second-order valence-electron chi connectivity index (χ2n) is 9.68. The van der Waals surface area contributed by atoms with Gasteiger partial charge in [0, 0.05) is 44.7 Å². The first-order valence-electron chi connectivity index (χ1n) is 12.8. The molecule has 200 valence electrons. The predicted molar refractivity (Wildman–Crippen MR) is 156 cm³/mol. The van der Waals surface area contributed by atoms with E-state index in [9.17, 15) is 9.59 Å². The van der Waals surface area contributed by atoms with Gasteiger partial charge in [-0.05, 0) is 48.2 Å². The molecule has 1 fully saturated rings. The lowest BCUT2D eigenvalue weighted by Crippen LogP contribution is -2.53. The van der Waals surface area contributed by atoms with Crippen molar-refractivity contribution < 1.29 is 9.59 Å².